The summed E-state index contributed by atoms with van der Waals surface area (Å²) in [5, 5.41) is 2.17. The van der Waals surface area contributed by atoms with E-state index in [9.17, 15) is 4.79 Å². The normalized spacial score (nSPS) is 14.4. The summed E-state index contributed by atoms with van der Waals surface area (Å²) in [4.78, 5) is 14.9. The van der Waals surface area contributed by atoms with Gasteiger partial charge in [0.25, 0.3) is 5.91 Å². The topological polar surface area (TPSA) is 36.9 Å². The molecular weight excluding hydrogens is 344 g/mol. The molecule has 0 bridgehead atoms. The molecule has 0 unspecified atom stereocenters. The Hall–Kier alpha value is -2.91. The lowest BCUT2D eigenvalue weighted by Gasteiger charge is -2.29. The largest absolute Gasteiger partial charge is 0.333 e. The predicted molar refractivity (Wildman–Crippen MR) is 112 cm³/mol. The quantitative estimate of drug-likeness (QED) is 0.735. The van der Waals surface area contributed by atoms with Crippen molar-refractivity contribution in [2.24, 2.45) is 0 Å². The highest BCUT2D eigenvalue weighted by molar-refractivity contribution is 5.77. The maximum absolute atomic E-state index is 12.9. The molecule has 142 valence electrons. The van der Waals surface area contributed by atoms with E-state index in [0.717, 1.165) is 19.5 Å². The summed E-state index contributed by atoms with van der Waals surface area (Å²) >= 11 is 0. The minimum Gasteiger partial charge on any atom is -0.333 e. The molecule has 4 rings (SSSR count). The zero-order valence-corrected chi connectivity index (χ0v) is 16.3. The number of hydrogen-bond donors (Lipinski definition) is 1. The number of aryl methyl sites for hydroxylation is 1. The van der Waals surface area contributed by atoms with E-state index in [1.165, 1.54) is 27.8 Å². The van der Waals surface area contributed by atoms with Crippen molar-refractivity contribution >= 4 is 5.91 Å². The van der Waals surface area contributed by atoms with Gasteiger partial charge in [-0.3, -0.25) is 4.79 Å². The second kappa shape index (κ2) is 8.41. The van der Waals surface area contributed by atoms with Gasteiger partial charge < -0.3 is 10.2 Å². The van der Waals surface area contributed by atoms with E-state index in [1.807, 2.05) is 11.0 Å². The fourth-order valence-electron chi connectivity index (χ4n) is 3.96. The molecule has 0 saturated carbocycles. The van der Waals surface area contributed by atoms with E-state index >= 15 is 0 Å². The molecule has 3 aromatic rings. The van der Waals surface area contributed by atoms with Crippen molar-refractivity contribution in [3.05, 3.63) is 107 Å². The molecule has 3 aromatic carbocycles. The van der Waals surface area contributed by atoms with Gasteiger partial charge in [-0.1, -0.05) is 84.4 Å². The third-order valence-corrected chi connectivity index (χ3v) is 5.61. The summed E-state index contributed by atoms with van der Waals surface area (Å²) in [6, 6.07) is 27.6. The number of amides is 1. The van der Waals surface area contributed by atoms with Crippen LogP contribution in [0.15, 0.2) is 78.9 Å². The van der Waals surface area contributed by atoms with Crippen LogP contribution in [0.25, 0.3) is 0 Å². The number of nitrogens with zero attached hydrogens (tertiary/aromatic N) is 1. The zero-order chi connectivity index (χ0) is 19.3. The number of rotatable bonds is 5. The molecule has 0 radical (unpaired) electrons. The van der Waals surface area contributed by atoms with E-state index in [0.29, 0.717) is 6.54 Å². The molecule has 1 heterocycles. The van der Waals surface area contributed by atoms with Crippen molar-refractivity contribution in [3.63, 3.8) is 0 Å². The van der Waals surface area contributed by atoms with Gasteiger partial charge in [0.2, 0.25) is 0 Å². The van der Waals surface area contributed by atoms with Crippen LogP contribution in [0.1, 0.15) is 33.9 Å². The van der Waals surface area contributed by atoms with Crippen LogP contribution in [0, 0.1) is 6.92 Å². The van der Waals surface area contributed by atoms with Crippen LogP contribution < -0.4 is 5.32 Å². The van der Waals surface area contributed by atoms with Gasteiger partial charge in [0, 0.05) is 24.2 Å². The van der Waals surface area contributed by atoms with Gasteiger partial charge in [-0.05, 0) is 24.5 Å². The van der Waals surface area contributed by atoms with Gasteiger partial charge in [0.05, 0.1) is 0 Å². The SMILES string of the molecule is Cc1ccc([C@@H]([NH2+]CC(=O)N2CCc3ccccc3C2)c2ccccc2)cc1. The minimum absolute atomic E-state index is 0.128. The van der Waals surface area contributed by atoms with Crippen molar-refractivity contribution < 1.29 is 10.1 Å². The van der Waals surface area contributed by atoms with E-state index < -0.39 is 0 Å². The lowest BCUT2D eigenvalue weighted by Crippen LogP contribution is -2.87. The first-order valence-electron chi connectivity index (χ1n) is 10.00. The summed E-state index contributed by atoms with van der Waals surface area (Å²) in [5.74, 6) is 0.211. The van der Waals surface area contributed by atoms with Crippen molar-refractivity contribution in [3.8, 4) is 0 Å². The summed E-state index contributed by atoms with van der Waals surface area (Å²) in [5.41, 5.74) is 6.35. The molecule has 2 N–H and O–H groups in total. The molecule has 3 nitrogen and oxygen atoms in total. The Bertz CT molecular complexity index is 934. The van der Waals surface area contributed by atoms with Crippen LogP contribution in [0.3, 0.4) is 0 Å². The van der Waals surface area contributed by atoms with Crippen molar-refractivity contribution in [2.45, 2.75) is 25.9 Å². The molecular formula is C25H27N2O+. The first-order valence-corrected chi connectivity index (χ1v) is 10.00. The van der Waals surface area contributed by atoms with Crippen LogP contribution >= 0.6 is 0 Å². The van der Waals surface area contributed by atoms with Gasteiger partial charge in [-0.2, -0.15) is 0 Å². The van der Waals surface area contributed by atoms with Gasteiger partial charge in [0.1, 0.15) is 6.04 Å². The fraction of sp³-hybridized carbons (Fsp3) is 0.240. The summed E-state index contributed by atoms with van der Waals surface area (Å²) in [6.45, 7) is 4.09. The molecule has 0 aromatic heterocycles. The average Bonchev–Trinajstić information content (AvgIpc) is 2.75. The highest BCUT2D eigenvalue weighted by Gasteiger charge is 2.24. The lowest BCUT2D eigenvalue weighted by molar-refractivity contribution is -0.677. The van der Waals surface area contributed by atoms with E-state index in [1.54, 1.807) is 0 Å². The summed E-state index contributed by atoms with van der Waals surface area (Å²) in [6.07, 6.45) is 0.946. The molecule has 3 heteroatoms. The minimum atomic E-state index is 0.128. The van der Waals surface area contributed by atoms with Gasteiger partial charge in [-0.15, -0.1) is 0 Å². The number of nitrogens with two attached hydrogens (primary N) is 1. The molecule has 0 fully saturated rings. The molecule has 28 heavy (non-hydrogen) atoms. The van der Waals surface area contributed by atoms with Crippen molar-refractivity contribution in [2.75, 3.05) is 13.1 Å². The van der Waals surface area contributed by atoms with Crippen molar-refractivity contribution in [1.82, 2.24) is 4.90 Å². The Morgan fingerprint density at radius 1 is 0.893 bits per heavy atom. The first kappa shape index (κ1) is 18.5. The molecule has 1 atom stereocenters. The molecule has 1 aliphatic rings. The Labute approximate surface area is 167 Å². The Morgan fingerprint density at radius 3 is 2.29 bits per heavy atom. The highest BCUT2D eigenvalue weighted by atomic mass is 16.2. The van der Waals surface area contributed by atoms with Gasteiger partial charge in [0.15, 0.2) is 6.54 Å². The number of fused-ring (bicyclic) bond motifs is 1. The standard InChI is InChI=1S/C25H26N2O/c1-19-11-13-22(14-12-19)25(21-8-3-2-4-9-21)26-17-24(28)27-16-15-20-7-5-6-10-23(20)18-27/h2-14,25-26H,15-18H2,1H3/p+1/t25-/m0/s1. The number of carbonyl (C=O) groups is 1. The maximum Gasteiger partial charge on any atom is 0.278 e. The molecule has 0 aliphatic carbocycles. The van der Waals surface area contributed by atoms with Crippen LogP contribution in [0.5, 0.6) is 0 Å². The smallest absolute Gasteiger partial charge is 0.278 e. The number of benzene rings is 3. The Morgan fingerprint density at radius 2 is 1.54 bits per heavy atom. The van der Waals surface area contributed by atoms with Gasteiger partial charge in [-0.25, -0.2) is 0 Å². The van der Waals surface area contributed by atoms with Crippen LogP contribution in [0.2, 0.25) is 0 Å². The highest BCUT2D eigenvalue weighted by Crippen LogP contribution is 2.20. The lowest BCUT2D eigenvalue weighted by atomic mass is 9.97. The summed E-state index contributed by atoms with van der Waals surface area (Å²) < 4.78 is 0. The Balaban J connectivity index is 1.47. The van der Waals surface area contributed by atoms with Crippen LogP contribution in [-0.4, -0.2) is 23.9 Å². The Kier molecular flexibility index (Phi) is 5.54. The number of hydrogen-bond acceptors (Lipinski definition) is 1. The average molecular weight is 372 g/mol. The second-order valence-electron chi connectivity index (χ2n) is 7.57. The molecule has 1 aliphatic heterocycles. The monoisotopic (exact) mass is 371 g/mol. The van der Waals surface area contributed by atoms with Crippen LogP contribution in [0.4, 0.5) is 0 Å². The molecule has 1 amide bonds. The van der Waals surface area contributed by atoms with Gasteiger partial charge >= 0.3 is 0 Å². The number of quaternary nitrogens is 1. The molecule has 0 saturated heterocycles. The number of carbonyl (C=O) groups excluding carboxylic acids is 1. The maximum atomic E-state index is 12.9. The first-order chi connectivity index (χ1) is 13.7. The van der Waals surface area contributed by atoms with Crippen LogP contribution in [-0.2, 0) is 17.8 Å². The zero-order valence-electron chi connectivity index (χ0n) is 16.3. The second-order valence-corrected chi connectivity index (χ2v) is 7.57. The third-order valence-electron chi connectivity index (χ3n) is 5.61. The third kappa shape index (κ3) is 4.15. The van der Waals surface area contributed by atoms with Crippen molar-refractivity contribution in [1.29, 1.82) is 0 Å². The van der Waals surface area contributed by atoms with E-state index in [-0.39, 0.29) is 11.9 Å². The predicted octanol–water partition coefficient (Wildman–Crippen LogP) is 3.23. The van der Waals surface area contributed by atoms with E-state index in [2.05, 4.69) is 85.0 Å². The van der Waals surface area contributed by atoms with E-state index in [4.69, 9.17) is 0 Å². The molecule has 0 spiro atoms. The fourth-order valence-corrected chi connectivity index (χ4v) is 3.96. The summed E-state index contributed by atoms with van der Waals surface area (Å²) in [7, 11) is 0.